The minimum Gasteiger partial charge on any atom is -0.356 e. The molecule has 23 heavy (non-hydrogen) atoms. The average Bonchev–Trinajstić information content (AvgIpc) is 3.08. The quantitative estimate of drug-likeness (QED) is 0.354. The van der Waals surface area contributed by atoms with Crippen molar-refractivity contribution in [3.8, 4) is 0 Å². The summed E-state index contributed by atoms with van der Waals surface area (Å²) < 4.78 is 2.08. The zero-order chi connectivity index (χ0) is 16.5. The number of aromatic nitrogens is 2. The highest BCUT2D eigenvalue weighted by Gasteiger charge is 2.03. The van der Waals surface area contributed by atoms with E-state index in [9.17, 15) is 0 Å². The molecule has 0 spiro atoms. The Labute approximate surface area is 142 Å². The van der Waals surface area contributed by atoms with E-state index in [-0.39, 0.29) is 0 Å². The molecule has 0 atom stereocenters. The average molecular weight is 331 g/mol. The first-order chi connectivity index (χ1) is 11.2. The smallest absolute Gasteiger partial charge is 0.191 e. The lowest BCUT2D eigenvalue weighted by molar-refractivity contribution is 0.624. The Balaban J connectivity index is 1.76. The Hall–Kier alpha value is -1.95. The van der Waals surface area contributed by atoms with Crippen LogP contribution in [0.25, 0.3) is 0 Å². The zero-order valence-electron chi connectivity index (χ0n) is 14.0. The summed E-state index contributed by atoms with van der Waals surface area (Å²) in [5, 5.41) is 6.73. The lowest BCUT2D eigenvalue weighted by Crippen LogP contribution is -2.37. The number of aryl methyl sites for hydroxylation is 2. The molecular weight excluding hydrogens is 306 g/mol. The van der Waals surface area contributed by atoms with Gasteiger partial charge in [-0.25, -0.2) is 4.98 Å². The first kappa shape index (κ1) is 17.4. The normalized spacial score (nSPS) is 11.5. The summed E-state index contributed by atoms with van der Waals surface area (Å²) >= 11 is 1.78. The van der Waals surface area contributed by atoms with E-state index in [1.165, 1.54) is 16.0 Å². The Morgan fingerprint density at radius 2 is 2.22 bits per heavy atom. The fraction of sp³-hybridized carbons (Fsp3) is 0.412. The molecule has 1 aromatic heterocycles. The van der Waals surface area contributed by atoms with Gasteiger partial charge in [0, 0.05) is 44.0 Å². The van der Waals surface area contributed by atoms with Crippen LogP contribution in [0.4, 0.5) is 0 Å². The molecule has 124 valence electrons. The molecule has 0 radical (unpaired) electrons. The molecule has 0 bridgehead atoms. The third kappa shape index (κ3) is 5.63. The highest BCUT2D eigenvalue weighted by Crippen LogP contribution is 2.21. The fourth-order valence-corrected chi connectivity index (χ4v) is 2.99. The predicted octanol–water partition coefficient (Wildman–Crippen LogP) is 2.67. The minimum atomic E-state index is 0.775. The van der Waals surface area contributed by atoms with Gasteiger partial charge in [-0.15, -0.1) is 11.8 Å². The summed E-state index contributed by atoms with van der Waals surface area (Å²) in [7, 11) is 1.80. The minimum absolute atomic E-state index is 0.775. The lowest BCUT2D eigenvalue weighted by Gasteiger charge is -2.14. The van der Waals surface area contributed by atoms with Crippen LogP contribution in [0.2, 0.25) is 0 Å². The highest BCUT2D eigenvalue weighted by molar-refractivity contribution is 7.98. The molecule has 0 saturated carbocycles. The maximum absolute atomic E-state index is 4.28. The number of aliphatic imine (C=N–C) groups is 1. The van der Waals surface area contributed by atoms with Gasteiger partial charge in [0.25, 0.3) is 0 Å². The van der Waals surface area contributed by atoms with Crippen molar-refractivity contribution >= 4 is 17.7 Å². The lowest BCUT2D eigenvalue weighted by atomic mass is 10.1. The zero-order valence-corrected chi connectivity index (χ0v) is 14.9. The summed E-state index contributed by atoms with van der Waals surface area (Å²) in [6.07, 6.45) is 8.76. The molecule has 0 aliphatic heterocycles. The van der Waals surface area contributed by atoms with Crippen LogP contribution in [0.1, 0.15) is 17.5 Å². The van der Waals surface area contributed by atoms with Gasteiger partial charge in [0.1, 0.15) is 0 Å². The van der Waals surface area contributed by atoms with Gasteiger partial charge in [0.05, 0.1) is 6.33 Å². The number of imidazole rings is 1. The van der Waals surface area contributed by atoms with Crippen LogP contribution in [0.5, 0.6) is 0 Å². The van der Waals surface area contributed by atoms with Gasteiger partial charge in [-0.3, -0.25) is 4.99 Å². The molecule has 0 unspecified atom stereocenters. The van der Waals surface area contributed by atoms with E-state index in [1.54, 1.807) is 25.0 Å². The van der Waals surface area contributed by atoms with Crippen molar-refractivity contribution in [1.82, 2.24) is 20.2 Å². The molecule has 1 heterocycles. The van der Waals surface area contributed by atoms with Crippen molar-refractivity contribution in [1.29, 1.82) is 0 Å². The summed E-state index contributed by atoms with van der Waals surface area (Å²) in [6.45, 7) is 4.73. The van der Waals surface area contributed by atoms with Gasteiger partial charge in [0.15, 0.2) is 5.96 Å². The monoisotopic (exact) mass is 331 g/mol. The third-order valence-corrected chi connectivity index (χ3v) is 4.38. The van der Waals surface area contributed by atoms with Crippen molar-refractivity contribution in [2.45, 2.75) is 31.3 Å². The largest absolute Gasteiger partial charge is 0.356 e. The van der Waals surface area contributed by atoms with Crippen LogP contribution in [-0.2, 0) is 13.1 Å². The molecule has 2 aromatic rings. The standard InChI is InChI=1S/C17H25N5S/c1-14-5-6-15(16(11-14)23-3)12-21-17(18-2)20-7-4-9-22-10-8-19-13-22/h5-6,8,10-11,13H,4,7,9,12H2,1-3H3,(H2,18,20,21). The first-order valence-corrected chi connectivity index (χ1v) is 8.99. The van der Waals surface area contributed by atoms with Gasteiger partial charge < -0.3 is 15.2 Å². The summed E-state index contributed by atoms with van der Waals surface area (Å²) in [5.41, 5.74) is 2.59. The molecule has 6 heteroatoms. The van der Waals surface area contributed by atoms with Gasteiger partial charge >= 0.3 is 0 Å². The van der Waals surface area contributed by atoms with Crippen LogP contribution in [0, 0.1) is 6.92 Å². The number of nitrogens with zero attached hydrogens (tertiary/aromatic N) is 3. The van der Waals surface area contributed by atoms with Crippen molar-refractivity contribution in [3.05, 3.63) is 48.0 Å². The maximum atomic E-state index is 4.28. The Kier molecular flexibility index (Phi) is 7.00. The van der Waals surface area contributed by atoms with Crippen LogP contribution < -0.4 is 10.6 Å². The van der Waals surface area contributed by atoms with Crippen molar-refractivity contribution in [2.75, 3.05) is 19.8 Å². The second-order valence-corrected chi connectivity index (χ2v) is 6.17. The maximum Gasteiger partial charge on any atom is 0.191 e. The molecule has 0 fully saturated rings. The number of hydrogen-bond donors (Lipinski definition) is 2. The van der Waals surface area contributed by atoms with E-state index in [4.69, 9.17) is 0 Å². The Morgan fingerprint density at radius 1 is 1.35 bits per heavy atom. The topological polar surface area (TPSA) is 54.2 Å². The summed E-state index contributed by atoms with van der Waals surface area (Å²) in [5.74, 6) is 0.836. The molecule has 0 aliphatic rings. The van der Waals surface area contributed by atoms with Gasteiger partial charge in [-0.1, -0.05) is 12.1 Å². The van der Waals surface area contributed by atoms with Crippen LogP contribution in [0.15, 0.2) is 46.8 Å². The molecular formula is C17H25N5S. The van der Waals surface area contributed by atoms with Gasteiger partial charge in [-0.2, -0.15) is 0 Å². The van der Waals surface area contributed by atoms with Crippen molar-refractivity contribution < 1.29 is 0 Å². The van der Waals surface area contributed by atoms with E-state index < -0.39 is 0 Å². The van der Waals surface area contributed by atoms with Crippen molar-refractivity contribution in [2.24, 2.45) is 4.99 Å². The second-order valence-electron chi connectivity index (χ2n) is 5.32. The van der Waals surface area contributed by atoms with E-state index in [0.717, 1.165) is 32.0 Å². The van der Waals surface area contributed by atoms with Gasteiger partial charge in [-0.05, 0) is 36.8 Å². The van der Waals surface area contributed by atoms with E-state index in [0.29, 0.717) is 0 Å². The van der Waals surface area contributed by atoms with E-state index in [1.807, 2.05) is 12.5 Å². The predicted molar refractivity (Wildman–Crippen MR) is 98.0 cm³/mol. The summed E-state index contributed by atoms with van der Waals surface area (Å²) in [6, 6.07) is 6.56. The fourth-order valence-electron chi connectivity index (χ4n) is 2.28. The number of nitrogens with one attached hydrogen (secondary N) is 2. The van der Waals surface area contributed by atoms with Crippen LogP contribution in [-0.4, -0.2) is 35.4 Å². The first-order valence-electron chi connectivity index (χ1n) is 7.76. The van der Waals surface area contributed by atoms with E-state index in [2.05, 4.69) is 56.6 Å². The molecule has 1 aromatic carbocycles. The van der Waals surface area contributed by atoms with E-state index >= 15 is 0 Å². The molecule has 2 N–H and O–H groups in total. The van der Waals surface area contributed by atoms with Crippen molar-refractivity contribution in [3.63, 3.8) is 0 Å². The Bertz CT molecular complexity index is 622. The molecule has 0 saturated heterocycles. The van der Waals surface area contributed by atoms with Crippen LogP contribution >= 0.6 is 11.8 Å². The molecule has 0 aliphatic carbocycles. The third-order valence-electron chi connectivity index (χ3n) is 3.56. The molecule has 2 rings (SSSR count). The summed E-state index contributed by atoms with van der Waals surface area (Å²) in [4.78, 5) is 9.63. The number of thioether (sulfide) groups is 1. The number of rotatable bonds is 7. The molecule has 5 nitrogen and oxygen atoms in total. The van der Waals surface area contributed by atoms with Crippen LogP contribution in [0.3, 0.4) is 0 Å². The van der Waals surface area contributed by atoms with Gasteiger partial charge in [0.2, 0.25) is 0 Å². The SMILES string of the molecule is CN=C(NCCCn1ccnc1)NCc1ccc(C)cc1SC. The number of guanidine groups is 1. The molecule has 0 amide bonds. The Morgan fingerprint density at radius 3 is 2.91 bits per heavy atom. The number of hydrogen-bond acceptors (Lipinski definition) is 3. The highest BCUT2D eigenvalue weighted by atomic mass is 32.2. The number of benzene rings is 1. The second kappa shape index (κ2) is 9.25.